The van der Waals surface area contributed by atoms with Crippen LogP contribution in [0, 0.1) is 5.82 Å². The number of hydrogen-bond acceptors (Lipinski definition) is 3. The standard InChI is InChI=1S/C21H16FN3O/c22-17-6-8-18(9-7-17)25-13-11-16-10-12-23-20(19(16)21(25)26)24-14-15-4-2-1-3-5-15/h1-13H,14H2,(H,23,24). The molecule has 4 nitrogen and oxygen atoms in total. The molecule has 2 aromatic heterocycles. The molecule has 0 fully saturated rings. The van der Waals surface area contributed by atoms with Crippen LogP contribution in [0.25, 0.3) is 16.5 Å². The van der Waals surface area contributed by atoms with Crippen LogP contribution in [0.2, 0.25) is 0 Å². The highest BCUT2D eigenvalue weighted by molar-refractivity contribution is 5.91. The van der Waals surface area contributed by atoms with E-state index in [1.54, 1.807) is 30.6 Å². The number of nitrogens with zero attached hydrogens (tertiary/aromatic N) is 2. The van der Waals surface area contributed by atoms with Gasteiger partial charge in [-0.1, -0.05) is 30.3 Å². The van der Waals surface area contributed by atoms with Crippen LogP contribution in [0.15, 0.2) is 83.9 Å². The Kier molecular flexibility index (Phi) is 4.19. The number of aromatic nitrogens is 2. The zero-order chi connectivity index (χ0) is 17.9. The number of fused-ring (bicyclic) bond motifs is 1. The molecule has 0 aliphatic heterocycles. The van der Waals surface area contributed by atoms with Crippen molar-refractivity contribution in [2.45, 2.75) is 6.54 Å². The van der Waals surface area contributed by atoms with Crippen molar-refractivity contribution >= 4 is 16.6 Å². The third-order valence-corrected chi connectivity index (χ3v) is 4.23. The van der Waals surface area contributed by atoms with E-state index in [0.717, 1.165) is 10.9 Å². The Balaban J connectivity index is 1.77. The average molecular weight is 345 g/mol. The molecular formula is C21H16FN3O. The SMILES string of the molecule is O=c1c2c(NCc3ccccc3)nccc2ccn1-c1ccc(F)cc1. The van der Waals surface area contributed by atoms with Crippen LogP contribution >= 0.6 is 0 Å². The minimum absolute atomic E-state index is 0.197. The van der Waals surface area contributed by atoms with Crippen LogP contribution in [0.5, 0.6) is 0 Å². The molecule has 4 aromatic rings. The Labute approximate surface area is 149 Å². The maximum atomic E-state index is 13.2. The lowest BCUT2D eigenvalue weighted by atomic mass is 10.2. The van der Waals surface area contributed by atoms with Gasteiger partial charge in [-0.3, -0.25) is 9.36 Å². The summed E-state index contributed by atoms with van der Waals surface area (Å²) in [7, 11) is 0. The van der Waals surface area contributed by atoms with Crippen LogP contribution in [0.4, 0.5) is 10.2 Å². The molecule has 0 amide bonds. The summed E-state index contributed by atoms with van der Waals surface area (Å²) in [5.74, 6) is 0.197. The lowest BCUT2D eigenvalue weighted by molar-refractivity contribution is 0.627. The number of nitrogens with one attached hydrogen (secondary N) is 1. The van der Waals surface area contributed by atoms with Crippen LogP contribution in [-0.2, 0) is 6.54 Å². The van der Waals surface area contributed by atoms with E-state index < -0.39 is 0 Å². The highest BCUT2D eigenvalue weighted by atomic mass is 19.1. The molecule has 5 heteroatoms. The van der Waals surface area contributed by atoms with E-state index in [0.29, 0.717) is 23.4 Å². The number of pyridine rings is 2. The molecule has 0 unspecified atom stereocenters. The monoisotopic (exact) mass is 345 g/mol. The summed E-state index contributed by atoms with van der Waals surface area (Å²) < 4.78 is 14.7. The summed E-state index contributed by atoms with van der Waals surface area (Å²) in [6, 6.07) is 19.4. The van der Waals surface area contributed by atoms with Gasteiger partial charge >= 0.3 is 0 Å². The van der Waals surface area contributed by atoms with Crippen molar-refractivity contribution in [3.05, 3.63) is 101 Å². The van der Waals surface area contributed by atoms with Crippen LogP contribution < -0.4 is 10.9 Å². The molecule has 0 radical (unpaired) electrons. The molecule has 1 N–H and O–H groups in total. The molecule has 0 aliphatic rings. The molecule has 0 saturated carbocycles. The summed E-state index contributed by atoms with van der Waals surface area (Å²) in [5, 5.41) is 4.56. The van der Waals surface area contributed by atoms with Crippen molar-refractivity contribution in [3.63, 3.8) is 0 Å². The summed E-state index contributed by atoms with van der Waals surface area (Å²) >= 11 is 0. The molecule has 4 rings (SSSR count). The Morgan fingerprint density at radius 3 is 2.50 bits per heavy atom. The smallest absolute Gasteiger partial charge is 0.266 e. The number of hydrogen-bond donors (Lipinski definition) is 1. The van der Waals surface area contributed by atoms with E-state index in [2.05, 4.69) is 10.3 Å². The van der Waals surface area contributed by atoms with Crippen molar-refractivity contribution in [1.29, 1.82) is 0 Å². The van der Waals surface area contributed by atoms with Gasteiger partial charge in [0.15, 0.2) is 0 Å². The quantitative estimate of drug-likeness (QED) is 0.605. The number of rotatable bonds is 4. The molecule has 2 aromatic carbocycles. The van der Waals surface area contributed by atoms with Gasteiger partial charge in [0.05, 0.1) is 5.39 Å². The fourth-order valence-electron chi connectivity index (χ4n) is 2.90. The highest BCUT2D eigenvalue weighted by Crippen LogP contribution is 2.19. The van der Waals surface area contributed by atoms with Crippen LogP contribution in [-0.4, -0.2) is 9.55 Å². The molecule has 26 heavy (non-hydrogen) atoms. The highest BCUT2D eigenvalue weighted by Gasteiger charge is 2.10. The molecule has 0 saturated heterocycles. The largest absolute Gasteiger partial charge is 0.365 e. The fraction of sp³-hybridized carbons (Fsp3) is 0.0476. The zero-order valence-corrected chi connectivity index (χ0v) is 13.9. The molecule has 0 bridgehead atoms. The molecule has 0 spiro atoms. The lowest BCUT2D eigenvalue weighted by Crippen LogP contribution is -2.19. The summed E-state index contributed by atoms with van der Waals surface area (Å²) in [5.41, 5.74) is 1.51. The van der Waals surface area contributed by atoms with Gasteiger partial charge in [0.1, 0.15) is 11.6 Å². The maximum Gasteiger partial charge on any atom is 0.266 e. The average Bonchev–Trinajstić information content (AvgIpc) is 2.68. The van der Waals surface area contributed by atoms with Crippen LogP contribution in [0.1, 0.15) is 5.56 Å². The van der Waals surface area contributed by atoms with E-state index in [1.807, 2.05) is 36.4 Å². The van der Waals surface area contributed by atoms with E-state index >= 15 is 0 Å². The second-order valence-corrected chi connectivity index (χ2v) is 5.93. The molecular weight excluding hydrogens is 329 g/mol. The van der Waals surface area contributed by atoms with Crippen LogP contribution in [0.3, 0.4) is 0 Å². The lowest BCUT2D eigenvalue weighted by Gasteiger charge is -2.11. The topological polar surface area (TPSA) is 46.9 Å². The van der Waals surface area contributed by atoms with Crippen molar-refractivity contribution < 1.29 is 4.39 Å². The molecule has 0 aliphatic carbocycles. The summed E-state index contributed by atoms with van der Waals surface area (Å²) in [6.45, 7) is 0.567. The third kappa shape index (κ3) is 3.07. The first-order chi connectivity index (χ1) is 12.7. The Bertz CT molecular complexity index is 1110. The Morgan fingerprint density at radius 1 is 0.962 bits per heavy atom. The summed E-state index contributed by atoms with van der Waals surface area (Å²) in [6.07, 6.45) is 3.37. The Morgan fingerprint density at radius 2 is 1.73 bits per heavy atom. The van der Waals surface area contributed by atoms with Crippen molar-refractivity contribution in [2.24, 2.45) is 0 Å². The van der Waals surface area contributed by atoms with Gasteiger partial charge in [-0.2, -0.15) is 0 Å². The van der Waals surface area contributed by atoms with E-state index in [9.17, 15) is 9.18 Å². The van der Waals surface area contributed by atoms with Gasteiger partial charge in [0, 0.05) is 24.6 Å². The normalized spacial score (nSPS) is 10.8. The van der Waals surface area contributed by atoms with E-state index in [1.165, 1.54) is 16.7 Å². The summed E-state index contributed by atoms with van der Waals surface area (Å²) in [4.78, 5) is 17.4. The van der Waals surface area contributed by atoms with Gasteiger partial charge in [0.2, 0.25) is 0 Å². The number of benzene rings is 2. The number of anilines is 1. The van der Waals surface area contributed by atoms with Crippen molar-refractivity contribution in [2.75, 3.05) is 5.32 Å². The first-order valence-electron chi connectivity index (χ1n) is 8.26. The molecule has 0 atom stereocenters. The van der Waals surface area contributed by atoms with E-state index in [4.69, 9.17) is 0 Å². The van der Waals surface area contributed by atoms with Crippen molar-refractivity contribution in [1.82, 2.24) is 9.55 Å². The van der Waals surface area contributed by atoms with Gasteiger partial charge < -0.3 is 5.32 Å². The maximum absolute atomic E-state index is 13.2. The second kappa shape index (κ2) is 6.80. The first-order valence-corrected chi connectivity index (χ1v) is 8.26. The second-order valence-electron chi connectivity index (χ2n) is 5.93. The zero-order valence-electron chi connectivity index (χ0n) is 13.9. The van der Waals surface area contributed by atoms with Gasteiger partial charge in [-0.05, 0) is 47.3 Å². The Hall–Kier alpha value is -3.47. The van der Waals surface area contributed by atoms with Gasteiger partial charge in [-0.25, -0.2) is 9.37 Å². The van der Waals surface area contributed by atoms with Gasteiger partial charge in [-0.15, -0.1) is 0 Å². The third-order valence-electron chi connectivity index (χ3n) is 4.23. The predicted molar refractivity (Wildman–Crippen MR) is 101 cm³/mol. The predicted octanol–water partition coefficient (Wildman–Crippen LogP) is 4.14. The molecule has 2 heterocycles. The van der Waals surface area contributed by atoms with E-state index in [-0.39, 0.29) is 11.4 Å². The minimum Gasteiger partial charge on any atom is -0.365 e. The minimum atomic E-state index is -0.338. The fourth-order valence-corrected chi connectivity index (χ4v) is 2.90. The molecule has 128 valence electrons. The van der Waals surface area contributed by atoms with Crippen molar-refractivity contribution in [3.8, 4) is 5.69 Å². The first kappa shape index (κ1) is 16.0. The van der Waals surface area contributed by atoms with Gasteiger partial charge in [0.25, 0.3) is 5.56 Å². The number of halogens is 1.